The van der Waals surface area contributed by atoms with E-state index in [-0.39, 0.29) is 10.5 Å². The molecule has 1 heterocycles. The summed E-state index contributed by atoms with van der Waals surface area (Å²) in [6, 6.07) is 5.93. The fourth-order valence-corrected chi connectivity index (χ4v) is 3.21. The number of nitrogens with zero attached hydrogens (tertiary/aromatic N) is 1. The molecule has 0 radical (unpaired) electrons. The Kier molecular flexibility index (Phi) is 5.11. The largest absolute Gasteiger partial charge is 0.338 e. The van der Waals surface area contributed by atoms with Gasteiger partial charge in [-0.05, 0) is 30.5 Å². The van der Waals surface area contributed by atoms with Crippen LogP contribution in [0.2, 0.25) is 0 Å². The fraction of sp³-hybridized carbons (Fsp3) is 0.267. The number of halogens is 3. The highest BCUT2D eigenvalue weighted by molar-refractivity contribution is 9.10. The van der Waals surface area contributed by atoms with Crippen molar-refractivity contribution in [2.45, 2.75) is 19.4 Å². The van der Waals surface area contributed by atoms with Crippen LogP contribution in [0.15, 0.2) is 34.1 Å². The van der Waals surface area contributed by atoms with Crippen LogP contribution in [0.1, 0.15) is 22.2 Å². The van der Waals surface area contributed by atoms with Crippen molar-refractivity contribution in [2.75, 3.05) is 7.05 Å². The van der Waals surface area contributed by atoms with Gasteiger partial charge in [-0.2, -0.15) is 0 Å². The van der Waals surface area contributed by atoms with E-state index in [9.17, 15) is 13.6 Å². The minimum absolute atomic E-state index is 0.154. The lowest BCUT2D eigenvalue weighted by molar-refractivity contribution is 0.0734. The van der Waals surface area contributed by atoms with E-state index in [4.69, 9.17) is 0 Å². The highest BCUT2D eigenvalue weighted by atomic mass is 79.9. The van der Waals surface area contributed by atoms with Gasteiger partial charge in [-0.1, -0.05) is 22.0 Å². The molecule has 2 rings (SSSR count). The number of carbonyl (C=O) groups is 1. The van der Waals surface area contributed by atoms with Gasteiger partial charge in [-0.15, -0.1) is 11.3 Å². The number of rotatable bonds is 4. The topological polar surface area (TPSA) is 20.3 Å². The van der Waals surface area contributed by atoms with Crippen molar-refractivity contribution in [1.29, 1.82) is 0 Å². The molecule has 1 unspecified atom stereocenters. The fourth-order valence-electron chi connectivity index (χ4n) is 1.98. The highest BCUT2D eigenvalue weighted by Gasteiger charge is 2.24. The van der Waals surface area contributed by atoms with Crippen LogP contribution in [0, 0.1) is 11.6 Å². The van der Waals surface area contributed by atoms with Gasteiger partial charge < -0.3 is 4.90 Å². The maximum absolute atomic E-state index is 13.8. The van der Waals surface area contributed by atoms with E-state index < -0.39 is 23.1 Å². The molecular weight excluding hydrogens is 360 g/mol. The molecule has 0 aliphatic rings. The van der Waals surface area contributed by atoms with Gasteiger partial charge in [0.25, 0.3) is 5.91 Å². The third kappa shape index (κ3) is 3.68. The number of thiophene rings is 1. The molecule has 0 saturated heterocycles. The van der Waals surface area contributed by atoms with Gasteiger partial charge in [0.05, 0.1) is 0 Å². The van der Waals surface area contributed by atoms with Crippen LogP contribution in [0.5, 0.6) is 0 Å². The van der Waals surface area contributed by atoms with Crippen LogP contribution in [-0.2, 0) is 6.42 Å². The van der Waals surface area contributed by atoms with Crippen molar-refractivity contribution in [3.63, 3.8) is 0 Å². The minimum atomic E-state index is -0.859. The Hall–Kier alpha value is -1.27. The third-order valence-electron chi connectivity index (χ3n) is 3.28. The molecule has 112 valence electrons. The van der Waals surface area contributed by atoms with E-state index in [2.05, 4.69) is 15.9 Å². The monoisotopic (exact) mass is 373 g/mol. The van der Waals surface area contributed by atoms with Crippen molar-refractivity contribution < 1.29 is 13.6 Å². The molecule has 0 saturated carbocycles. The summed E-state index contributed by atoms with van der Waals surface area (Å²) in [7, 11) is 1.56. The second-order valence-corrected chi connectivity index (χ2v) is 6.74. The van der Waals surface area contributed by atoms with Crippen LogP contribution in [-0.4, -0.2) is 23.9 Å². The highest BCUT2D eigenvalue weighted by Crippen LogP contribution is 2.22. The summed E-state index contributed by atoms with van der Waals surface area (Å²) in [4.78, 5) is 14.8. The van der Waals surface area contributed by atoms with Gasteiger partial charge >= 0.3 is 0 Å². The average molecular weight is 374 g/mol. The second kappa shape index (κ2) is 6.66. The molecule has 0 spiro atoms. The van der Waals surface area contributed by atoms with Crippen molar-refractivity contribution in [3.8, 4) is 0 Å². The summed E-state index contributed by atoms with van der Waals surface area (Å²) in [6.45, 7) is 1.85. The zero-order chi connectivity index (χ0) is 15.6. The molecular formula is C15H14BrF2NOS. The zero-order valence-electron chi connectivity index (χ0n) is 11.6. The van der Waals surface area contributed by atoms with Gasteiger partial charge in [0, 0.05) is 28.9 Å². The average Bonchev–Trinajstić information content (AvgIpc) is 2.89. The summed E-state index contributed by atoms with van der Waals surface area (Å²) >= 11 is 4.59. The smallest absolute Gasteiger partial charge is 0.259 e. The molecule has 1 aromatic heterocycles. The van der Waals surface area contributed by atoms with Gasteiger partial charge in [-0.3, -0.25) is 4.79 Å². The lowest BCUT2D eigenvalue weighted by Gasteiger charge is -2.25. The Morgan fingerprint density at radius 1 is 1.38 bits per heavy atom. The Morgan fingerprint density at radius 2 is 2.00 bits per heavy atom. The van der Waals surface area contributed by atoms with Gasteiger partial charge in [-0.25, -0.2) is 8.78 Å². The van der Waals surface area contributed by atoms with Crippen molar-refractivity contribution in [3.05, 3.63) is 56.2 Å². The van der Waals surface area contributed by atoms with Crippen LogP contribution in [0.4, 0.5) is 8.78 Å². The summed E-state index contributed by atoms with van der Waals surface area (Å²) in [5.74, 6) is -2.37. The summed E-state index contributed by atoms with van der Waals surface area (Å²) in [5.41, 5.74) is -0.515. The third-order valence-corrected chi connectivity index (χ3v) is 4.64. The van der Waals surface area contributed by atoms with Gasteiger partial charge in [0.15, 0.2) is 0 Å². The second-order valence-electron chi connectivity index (χ2n) is 4.79. The molecule has 0 bridgehead atoms. The molecule has 1 aromatic carbocycles. The first kappa shape index (κ1) is 16.1. The lowest BCUT2D eigenvalue weighted by atomic mass is 10.1. The van der Waals surface area contributed by atoms with E-state index >= 15 is 0 Å². The Labute approximate surface area is 134 Å². The van der Waals surface area contributed by atoms with Crippen LogP contribution in [0.25, 0.3) is 0 Å². The van der Waals surface area contributed by atoms with Crippen molar-refractivity contribution >= 4 is 33.2 Å². The lowest BCUT2D eigenvalue weighted by Crippen LogP contribution is -2.37. The maximum Gasteiger partial charge on any atom is 0.259 e. The number of carbonyl (C=O) groups excluding carboxylic acids is 1. The first-order chi connectivity index (χ1) is 9.90. The Bertz CT molecular complexity index is 622. The molecule has 21 heavy (non-hydrogen) atoms. The Balaban J connectivity index is 2.19. The molecule has 1 amide bonds. The zero-order valence-corrected chi connectivity index (χ0v) is 14.0. The van der Waals surface area contributed by atoms with Crippen molar-refractivity contribution in [2.24, 2.45) is 0 Å². The first-order valence-corrected chi connectivity index (χ1v) is 8.01. The maximum atomic E-state index is 13.8. The normalized spacial score (nSPS) is 12.2. The summed E-state index contributed by atoms with van der Waals surface area (Å²) in [6.07, 6.45) is 0.652. The van der Waals surface area contributed by atoms with E-state index in [1.165, 1.54) is 4.90 Å². The molecule has 0 fully saturated rings. The van der Waals surface area contributed by atoms with Crippen LogP contribution in [0.3, 0.4) is 0 Å². The van der Waals surface area contributed by atoms with Crippen LogP contribution < -0.4 is 0 Å². The first-order valence-electron chi connectivity index (χ1n) is 6.34. The molecule has 2 nitrogen and oxygen atoms in total. The van der Waals surface area contributed by atoms with Crippen molar-refractivity contribution in [1.82, 2.24) is 4.90 Å². The SMILES string of the molecule is CC(Cc1cccs1)N(C)C(=O)c1c(F)cc(Br)cc1F. The molecule has 2 aromatic rings. The summed E-state index contributed by atoms with van der Waals surface area (Å²) < 4.78 is 28.0. The molecule has 0 aliphatic heterocycles. The predicted molar refractivity (Wildman–Crippen MR) is 83.6 cm³/mol. The predicted octanol–water partition coefficient (Wildman–Crippen LogP) is 4.49. The molecule has 6 heteroatoms. The van der Waals surface area contributed by atoms with E-state index in [1.54, 1.807) is 18.4 Å². The summed E-state index contributed by atoms with van der Waals surface area (Å²) in [5, 5.41) is 1.96. The minimum Gasteiger partial charge on any atom is -0.338 e. The standard InChI is InChI=1S/C15H14BrF2NOS/c1-9(6-11-4-3-5-21-11)19(2)15(20)14-12(17)7-10(16)8-13(14)18/h3-5,7-9H,6H2,1-2H3. The molecule has 0 N–H and O–H groups in total. The number of amides is 1. The molecule has 1 atom stereocenters. The van der Waals surface area contributed by atoms with Crippen LogP contribution >= 0.6 is 27.3 Å². The van der Waals surface area contributed by atoms with E-state index in [0.29, 0.717) is 6.42 Å². The Morgan fingerprint density at radius 3 is 2.52 bits per heavy atom. The van der Waals surface area contributed by atoms with Gasteiger partial charge in [0.1, 0.15) is 17.2 Å². The number of likely N-dealkylation sites (N-methyl/N-ethyl adjacent to an activating group) is 1. The van der Waals surface area contributed by atoms with Gasteiger partial charge in [0.2, 0.25) is 0 Å². The number of benzene rings is 1. The van der Waals surface area contributed by atoms with E-state index in [1.807, 2.05) is 24.4 Å². The number of hydrogen-bond donors (Lipinski definition) is 0. The van der Waals surface area contributed by atoms with E-state index in [0.717, 1.165) is 17.0 Å². The number of hydrogen-bond acceptors (Lipinski definition) is 2. The quantitative estimate of drug-likeness (QED) is 0.772. The molecule has 0 aliphatic carbocycles.